The highest BCUT2D eigenvalue weighted by Crippen LogP contribution is 2.22. The van der Waals surface area contributed by atoms with Gasteiger partial charge in [-0.05, 0) is 30.8 Å². The molecule has 2 rings (SSSR count). The van der Waals surface area contributed by atoms with Crippen LogP contribution in [0, 0.1) is 0 Å². The number of nitrogens with one attached hydrogen (secondary N) is 2. The fourth-order valence-electron chi connectivity index (χ4n) is 1.85. The van der Waals surface area contributed by atoms with Crippen LogP contribution in [-0.4, -0.2) is 25.0 Å². The third kappa shape index (κ3) is 2.97. The molecule has 1 aliphatic rings. The van der Waals surface area contributed by atoms with E-state index in [-0.39, 0.29) is 11.9 Å². The smallest absolute Gasteiger partial charge is 0.263 e. The van der Waals surface area contributed by atoms with E-state index in [1.807, 2.05) is 5.38 Å². The minimum absolute atomic E-state index is 0.0475. The van der Waals surface area contributed by atoms with Crippen molar-refractivity contribution in [2.45, 2.75) is 25.3 Å². The molecule has 1 aromatic heterocycles. The number of amides is 1. The average molecular weight is 259 g/mol. The Hall–Kier alpha value is -0.580. The average Bonchev–Trinajstić information content (AvgIpc) is 2.53. The van der Waals surface area contributed by atoms with E-state index in [1.54, 1.807) is 6.07 Å². The molecule has 5 heteroatoms. The molecule has 2 N–H and O–H groups in total. The van der Waals surface area contributed by atoms with E-state index in [2.05, 4.69) is 10.6 Å². The van der Waals surface area contributed by atoms with Crippen molar-refractivity contribution in [3.63, 3.8) is 0 Å². The third-order valence-corrected chi connectivity index (χ3v) is 4.05. The van der Waals surface area contributed by atoms with Gasteiger partial charge in [0.1, 0.15) is 4.88 Å². The highest BCUT2D eigenvalue weighted by atomic mass is 35.5. The topological polar surface area (TPSA) is 41.1 Å². The monoisotopic (exact) mass is 258 g/mol. The van der Waals surface area contributed by atoms with Crippen molar-refractivity contribution in [2.75, 3.05) is 13.1 Å². The summed E-state index contributed by atoms with van der Waals surface area (Å²) in [6.45, 7) is 1.90. The molecule has 88 valence electrons. The highest BCUT2D eigenvalue weighted by molar-refractivity contribution is 7.12. The molecule has 0 aliphatic carbocycles. The van der Waals surface area contributed by atoms with Gasteiger partial charge in [-0.2, -0.15) is 0 Å². The molecular weight excluding hydrogens is 244 g/mol. The van der Waals surface area contributed by atoms with Crippen LogP contribution < -0.4 is 10.6 Å². The first-order valence-electron chi connectivity index (χ1n) is 5.52. The summed E-state index contributed by atoms with van der Waals surface area (Å²) in [5.41, 5.74) is 0. The third-order valence-electron chi connectivity index (χ3n) is 2.71. The lowest BCUT2D eigenvalue weighted by molar-refractivity contribution is 0.0940. The zero-order valence-corrected chi connectivity index (χ0v) is 10.5. The quantitative estimate of drug-likeness (QED) is 0.855. The van der Waals surface area contributed by atoms with Crippen LogP contribution in [0.4, 0.5) is 0 Å². The van der Waals surface area contributed by atoms with Gasteiger partial charge in [0.15, 0.2) is 0 Å². The van der Waals surface area contributed by atoms with E-state index < -0.39 is 0 Å². The number of carbonyl (C=O) groups excluding carboxylic acids is 1. The SMILES string of the molecule is O=C(NC1CCCCNC1)c1sccc1Cl. The Morgan fingerprint density at radius 3 is 3.19 bits per heavy atom. The molecule has 16 heavy (non-hydrogen) atoms. The molecule has 0 bridgehead atoms. The molecule has 0 aromatic carbocycles. The summed E-state index contributed by atoms with van der Waals surface area (Å²) in [5, 5.41) is 8.73. The maximum atomic E-state index is 11.9. The van der Waals surface area contributed by atoms with E-state index in [0.29, 0.717) is 9.90 Å². The van der Waals surface area contributed by atoms with Crippen LogP contribution in [0.1, 0.15) is 28.9 Å². The Balaban J connectivity index is 1.93. The first-order valence-corrected chi connectivity index (χ1v) is 6.77. The van der Waals surface area contributed by atoms with Crippen molar-refractivity contribution in [3.8, 4) is 0 Å². The van der Waals surface area contributed by atoms with E-state index >= 15 is 0 Å². The Morgan fingerprint density at radius 1 is 1.56 bits per heavy atom. The zero-order chi connectivity index (χ0) is 11.4. The molecule has 0 radical (unpaired) electrons. The number of thiophene rings is 1. The van der Waals surface area contributed by atoms with Crippen molar-refractivity contribution in [2.24, 2.45) is 0 Å². The molecule has 1 fully saturated rings. The fraction of sp³-hybridized carbons (Fsp3) is 0.545. The molecule has 1 saturated heterocycles. The van der Waals surface area contributed by atoms with Crippen molar-refractivity contribution in [3.05, 3.63) is 21.3 Å². The van der Waals surface area contributed by atoms with Gasteiger partial charge in [-0.15, -0.1) is 11.3 Å². The molecule has 1 aliphatic heterocycles. The first kappa shape index (κ1) is 11.9. The molecule has 1 aromatic rings. The number of hydrogen-bond donors (Lipinski definition) is 2. The van der Waals surface area contributed by atoms with Crippen LogP contribution in [0.3, 0.4) is 0 Å². The minimum atomic E-state index is -0.0475. The van der Waals surface area contributed by atoms with Crippen LogP contribution >= 0.6 is 22.9 Å². The molecular formula is C11H15ClN2OS. The largest absolute Gasteiger partial charge is 0.347 e. The van der Waals surface area contributed by atoms with Gasteiger partial charge < -0.3 is 10.6 Å². The summed E-state index contributed by atoms with van der Waals surface area (Å²) in [5.74, 6) is -0.0475. The second-order valence-electron chi connectivity index (χ2n) is 3.97. The lowest BCUT2D eigenvalue weighted by Gasteiger charge is -2.15. The molecule has 1 amide bonds. The van der Waals surface area contributed by atoms with Gasteiger partial charge in [0, 0.05) is 12.6 Å². The van der Waals surface area contributed by atoms with Crippen LogP contribution in [-0.2, 0) is 0 Å². The van der Waals surface area contributed by atoms with Gasteiger partial charge >= 0.3 is 0 Å². The standard InChI is InChI=1S/C11H15ClN2OS/c12-9-4-6-16-10(9)11(15)14-8-3-1-2-5-13-7-8/h4,6,8,13H,1-3,5,7H2,(H,14,15). The van der Waals surface area contributed by atoms with Crippen LogP contribution in [0.15, 0.2) is 11.4 Å². The van der Waals surface area contributed by atoms with E-state index in [9.17, 15) is 4.79 Å². The predicted octanol–water partition coefficient (Wildman–Crippen LogP) is 2.27. The molecule has 0 saturated carbocycles. The summed E-state index contributed by atoms with van der Waals surface area (Å²) in [4.78, 5) is 12.5. The maximum absolute atomic E-state index is 11.9. The first-order chi connectivity index (χ1) is 7.77. The van der Waals surface area contributed by atoms with Crippen LogP contribution in [0.25, 0.3) is 0 Å². The number of halogens is 1. The normalized spacial score (nSPS) is 21.4. The van der Waals surface area contributed by atoms with Gasteiger partial charge in [0.25, 0.3) is 5.91 Å². The highest BCUT2D eigenvalue weighted by Gasteiger charge is 2.17. The van der Waals surface area contributed by atoms with E-state index in [0.717, 1.165) is 25.9 Å². The van der Waals surface area contributed by atoms with E-state index in [1.165, 1.54) is 17.8 Å². The summed E-state index contributed by atoms with van der Waals surface area (Å²) >= 11 is 7.31. The van der Waals surface area contributed by atoms with E-state index in [4.69, 9.17) is 11.6 Å². The second kappa shape index (κ2) is 5.66. The lowest BCUT2D eigenvalue weighted by Crippen LogP contribution is -2.40. The predicted molar refractivity (Wildman–Crippen MR) is 67.3 cm³/mol. The zero-order valence-electron chi connectivity index (χ0n) is 8.96. The van der Waals surface area contributed by atoms with Gasteiger partial charge in [-0.3, -0.25) is 4.79 Å². The van der Waals surface area contributed by atoms with Crippen LogP contribution in [0.2, 0.25) is 5.02 Å². The molecule has 1 atom stereocenters. The summed E-state index contributed by atoms with van der Waals surface area (Å²) < 4.78 is 0. The lowest BCUT2D eigenvalue weighted by atomic mass is 10.1. The fourth-order valence-corrected chi connectivity index (χ4v) is 2.89. The van der Waals surface area contributed by atoms with Crippen molar-refractivity contribution >= 4 is 28.8 Å². The Kier molecular flexibility index (Phi) is 4.21. The number of carbonyl (C=O) groups is 1. The Morgan fingerprint density at radius 2 is 2.44 bits per heavy atom. The maximum Gasteiger partial charge on any atom is 0.263 e. The molecule has 1 unspecified atom stereocenters. The molecule has 2 heterocycles. The van der Waals surface area contributed by atoms with Gasteiger partial charge in [-0.25, -0.2) is 0 Å². The van der Waals surface area contributed by atoms with Crippen molar-refractivity contribution in [1.82, 2.24) is 10.6 Å². The van der Waals surface area contributed by atoms with Crippen molar-refractivity contribution < 1.29 is 4.79 Å². The molecule has 0 spiro atoms. The van der Waals surface area contributed by atoms with Gasteiger partial charge in [-0.1, -0.05) is 18.0 Å². The summed E-state index contributed by atoms with van der Waals surface area (Å²) in [7, 11) is 0. The summed E-state index contributed by atoms with van der Waals surface area (Å²) in [6.07, 6.45) is 3.39. The minimum Gasteiger partial charge on any atom is -0.347 e. The number of hydrogen-bond acceptors (Lipinski definition) is 3. The van der Waals surface area contributed by atoms with Gasteiger partial charge in [0.2, 0.25) is 0 Å². The molecule has 3 nitrogen and oxygen atoms in total. The Bertz CT molecular complexity index is 359. The number of rotatable bonds is 2. The Labute approximate surface area is 104 Å². The summed E-state index contributed by atoms with van der Waals surface area (Å²) in [6, 6.07) is 1.99. The van der Waals surface area contributed by atoms with Crippen LogP contribution in [0.5, 0.6) is 0 Å². The van der Waals surface area contributed by atoms with Gasteiger partial charge in [0.05, 0.1) is 5.02 Å². The van der Waals surface area contributed by atoms with Crippen molar-refractivity contribution in [1.29, 1.82) is 0 Å². The second-order valence-corrected chi connectivity index (χ2v) is 5.29.